The second-order valence-electron chi connectivity index (χ2n) is 8.58. The van der Waals surface area contributed by atoms with Crippen molar-refractivity contribution in [1.29, 1.82) is 0 Å². The Bertz CT molecular complexity index is 1690. The quantitative estimate of drug-likeness (QED) is 0.287. The van der Waals surface area contributed by atoms with Gasteiger partial charge in [-0.3, -0.25) is 24.1 Å². The number of carbonyl (C=O) groups is 1. The second kappa shape index (κ2) is 9.37. The highest BCUT2D eigenvalue weighted by molar-refractivity contribution is 7.46. The van der Waals surface area contributed by atoms with Crippen molar-refractivity contribution < 1.29 is 28.4 Å². The van der Waals surface area contributed by atoms with Gasteiger partial charge in [-0.1, -0.05) is 30.3 Å². The molecule has 1 aliphatic heterocycles. The third-order valence-corrected chi connectivity index (χ3v) is 6.40. The number of ether oxygens (including phenoxy) is 1. The number of carbonyl (C=O) groups excluding carboxylic acids is 1. The molecule has 1 aliphatic rings. The zero-order valence-corrected chi connectivity index (χ0v) is 21.2. The molecule has 4 aromatic rings. The van der Waals surface area contributed by atoms with E-state index in [-0.39, 0.29) is 11.3 Å². The van der Waals surface area contributed by atoms with Crippen LogP contribution in [0.15, 0.2) is 83.0 Å². The molecule has 188 valence electrons. The third kappa shape index (κ3) is 4.80. The first-order valence-electron chi connectivity index (χ1n) is 11.4. The number of hydrogen-bond acceptors (Lipinski definition) is 5. The molecule has 3 heterocycles. The summed E-state index contributed by atoms with van der Waals surface area (Å²) in [7, 11) is -3.32. The van der Waals surface area contributed by atoms with Crippen LogP contribution >= 0.6 is 7.82 Å². The fourth-order valence-corrected chi connectivity index (χ4v) is 4.81. The minimum Gasteiger partial charge on any atom is -0.494 e. The van der Waals surface area contributed by atoms with Gasteiger partial charge in [-0.2, -0.15) is 0 Å². The van der Waals surface area contributed by atoms with Crippen molar-refractivity contribution in [2.45, 2.75) is 13.8 Å². The maximum Gasteiger partial charge on any atom is 0.524 e. The number of methoxy groups -OCH3 is 1. The van der Waals surface area contributed by atoms with Gasteiger partial charge < -0.3 is 14.2 Å². The van der Waals surface area contributed by atoms with Gasteiger partial charge in [0.05, 0.1) is 41.0 Å². The minimum atomic E-state index is -4.89. The first-order valence-corrected chi connectivity index (χ1v) is 12.9. The first-order chi connectivity index (χ1) is 17.6. The lowest BCUT2D eigenvalue weighted by Gasteiger charge is -2.13. The number of aromatic nitrogens is 2. The Kier molecular flexibility index (Phi) is 6.21. The molecule has 0 saturated carbocycles. The summed E-state index contributed by atoms with van der Waals surface area (Å²) >= 11 is 0. The van der Waals surface area contributed by atoms with Crippen LogP contribution in [0, 0.1) is 0 Å². The van der Waals surface area contributed by atoms with Crippen LogP contribution in [0.3, 0.4) is 0 Å². The first kappa shape index (κ1) is 24.5. The number of para-hydroxylation sites is 2. The highest BCUT2D eigenvalue weighted by Gasteiger charge is 2.25. The van der Waals surface area contributed by atoms with Gasteiger partial charge in [0.2, 0.25) is 0 Å². The molecule has 10 heteroatoms. The van der Waals surface area contributed by atoms with E-state index in [1.807, 2.05) is 50.3 Å². The predicted molar refractivity (Wildman–Crippen MR) is 142 cm³/mol. The monoisotopic (exact) mass is 517 g/mol. The molecule has 2 aromatic heterocycles. The van der Waals surface area contributed by atoms with Crippen LogP contribution in [0.1, 0.15) is 29.9 Å². The summed E-state index contributed by atoms with van der Waals surface area (Å²) in [5.74, 6) is -0.149. The zero-order valence-electron chi connectivity index (χ0n) is 20.3. The molecule has 9 nitrogen and oxygen atoms in total. The Hall–Kier alpha value is -4.17. The van der Waals surface area contributed by atoms with E-state index in [2.05, 4.69) is 9.98 Å². The van der Waals surface area contributed by atoms with Gasteiger partial charge in [-0.25, -0.2) is 4.57 Å². The molecule has 0 fully saturated rings. The molecule has 37 heavy (non-hydrogen) atoms. The fraction of sp³-hybridized carbons (Fsp3) is 0.111. The smallest absolute Gasteiger partial charge is 0.494 e. The maximum absolute atomic E-state index is 13.9. The number of nitrogens with one attached hydrogen (secondary N) is 1. The van der Waals surface area contributed by atoms with E-state index in [0.29, 0.717) is 28.3 Å². The van der Waals surface area contributed by atoms with Crippen molar-refractivity contribution >= 4 is 36.4 Å². The molecule has 0 saturated heterocycles. The Morgan fingerprint density at radius 2 is 1.78 bits per heavy atom. The average molecular weight is 517 g/mol. The van der Waals surface area contributed by atoms with E-state index in [9.17, 15) is 19.1 Å². The topological polar surface area (TPSA) is 126 Å². The summed E-state index contributed by atoms with van der Waals surface area (Å²) in [6.07, 6.45) is 3.89. The molecular formula is C27H24N3O6P. The van der Waals surface area contributed by atoms with Crippen molar-refractivity contribution in [3.63, 3.8) is 0 Å². The van der Waals surface area contributed by atoms with Gasteiger partial charge in [0.1, 0.15) is 11.5 Å². The summed E-state index contributed by atoms with van der Waals surface area (Å²) in [6, 6.07) is 17.0. The zero-order chi connectivity index (χ0) is 26.3. The molecule has 2 aromatic carbocycles. The van der Waals surface area contributed by atoms with Crippen LogP contribution in [0.5, 0.6) is 11.5 Å². The molecule has 0 radical (unpaired) electrons. The molecule has 5 rings (SSSR count). The molecule has 0 unspecified atom stereocenters. The summed E-state index contributed by atoms with van der Waals surface area (Å²) in [6.45, 7) is 3.91. The number of rotatable bonds is 6. The highest BCUT2D eigenvalue weighted by Crippen LogP contribution is 2.40. The van der Waals surface area contributed by atoms with E-state index in [1.165, 1.54) is 22.8 Å². The van der Waals surface area contributed by atoms with Crippen LogP contribution < -0.4 is 9.26 Å². The highest BCUT2D eigenvalue weighted by atomic mass is 31.2. The molecule has 3 N–H and O–H groups in total. The number of aromatic amines is 1. The Balaban J connectivity index is 1.67. The van der Waals surface area contributed by atoms with Gasteiger partial charge in [0, 0.05) is 17.2 Å². The van der Waals surface area contributed by atoms with Gasteiger partial charge in [0.25, 0.3) is 5.91 Å². The largest absolute Gasteiger partial charge is 0.524 e. The van der Waals surface area contributed by atoms with Gasteiger partial charge in [-0.05, 0) is 55.8 Å². The van der Waals surface area contributed by atoms with Crippen molar-refractivity contribution in [1.82, 2.24) is 9.55 Å². The number of fused-ring (bicyclic) bond motifs is 1. The third-order valence-electron chi connectivity index (χ3n) is 5.96. The summed E-state index contributed by atoms with van der Waals surface area (Å²) in [4.78, 5) is 40.5. The van der Waals surface area contributed by atoms with Crippen molar-refractivity contribution in [3.8, 4) is 22.9 Å². The van der Waals surface area contributed by atoms with Crippen LogP contribution in [-0.4, -0.2) is 38.1 Å². The number of nitrogens with zero attached hydrogens (tertiary/aromatic N) is 2. The van der Waals surface area contributed by atoms with Crippen LogP contribution in [-0.2, 0) is 4.57 Å². The molecule has 0 atom stereocenters. The lowest BCUT2D eigenvalue weighted by Crippen LogP contribution is -2.14. The van der Waals surface area contributed by atoms with Gasteiger partial charge >= 0.3 is 7.82 Å². The second-order valence-corrected chi connectivity index (χ2v) is 9.75. The van der Waals surface area contributed by atoms with Crippen LogP contribution in [0.2, 0.25) is 0 Å². The Morgan fingerprint density at radius 1 is 1.05 bits per heavy atom. The number of allylic oxidation sites excluding steroid dienone is 2. The summed E-state index contributed by atoms with van der Waals surface area (Å²) < 4.78 is 23.5. The van der Waals surface area contributed by atoms with E-state index in [1.54, 1.807) is 25.3 Å². The SMILES string of the molecule is COc1cc(-c2cc3ccccc3n2C(=O)c2ccccc2OP(=O)(O)O)[nH]c1C=C1N=C(C)C=C1C. The van der Waals surface area contributed by atoms with Gasteiger partial charge in [0.15, 0.2) is 0 Å². The van der Waals surface area contributed by atoms with E-state index < -0.39 is 13.7 Å². The van der Waals surface area contributed by atoms with Crippen molar-refractivity contribution in [3.05, 3.63) is 89.3 Å². The number of aliphatic imine (C=N–C) groups is 1. The predicted octanol–water partition coefficient (Wildman–Crippen LogP) is 5.57. The van der Waals surface area contributed by atoms with Crippen LogP contribution in [0.4, 0.5) is 0 Å². The minimum absolute atomic E-state index is 0.00539. The average Bonchev–Trinajstić information content (AvgIpc) is 3.52. The molecular weight excluding hydrogens is 493 g/mol. The number of hydrogen-bond donors (Lipinski definition) is 3. The lowest BCUT2D eigenvalue weighted by molar-refractivity contribution is 0.0965. The number of benzene rings is 2. The Morgan fingerprint density at radius 3 is 2.49 bits per heavy atom. The lowest BCUT2D eigenvalue weighted by atomic mass is 10.2. The maximum atomic E-state index is 13.9. The van der Waals surface area contributed by atoms with Gasteiger partial charge in [-0.15, -0.1) is 0 Å². The van der Waals surface area contributed by atoms with Crippen molar-refractivity contribution in [2.75, 3.05) is 7.11 Å². The fourth-order valence-electron chi connectivity index (χ4n) is 4.39. The van der Waals surface area contributed by atoms with E-state index in [4.69, 9.17) is 9.26 Å². The molecule has 0 spiro atoms. The molecule has 0 bridgehead atoms. The van der Waals surface area contributed by atoms with Crippen molar-refractivity contribution in [2.24, 2.45) is 4.99 Å². The van der Waals surface area contributed by atoms with E-state index >= 15 is 0 Å². The standard InChI is InChI=1S/C27H24N3O6P/c1-16-12-17(2)28-20(16)14-22-26(35-3)15-21(29-22)24-13-18-8-4-6-10-23(18)30(24)27(31)19-9-5-7-11-25(19)36-37(32,33)34/h4-15,29H,1-3H3,(H2,32,33,34). The number of H-pyrrole nitrogens is 1. The summed E-state index contributed by atoms with van der Waals surface area (Å²) in [5.41, 5.74) is 5.22. The molecule has 0 amide bonds. The summed E-state index contributed by atoms with van der Waals surface area (Å²) in [5, 5.41) is 0.808. The molecule has 0 aliphatic carbocycles. The number of phosphoric ester groups is 1. The van der Waals surface area contributed by atoms with Crippen LogP contribution in [0.25, 0.3) is 28.4 Å². The Labute approximate surface area is 212 Å². The van der Waals surface area contributed by atoms with E-state index in [0.717, 1.165) is 22.4 Å². The number of phosphoric acid groups is 1. The normalized spacial score (nSPS) is 14.7.